The van der Waals surface area contributed by atoms with Gasteiger partial charge in [0.25, 0.3) is 0 Å². The second-order valence-corrected chi connectivity index (χ2v) is 6.60. The molecule has 0 aromatic rings. The lowest BCUT2D eigenvalue weighted by atomic mass is 9.96. The van der Waals surface area contributed by atoms with Crippen molar-refractivity contribution in [2.45, 2.75) is 83.8 Å². The van der Waals surface area contributed by atoms with Crippen LogP contribution in [0.1, 0.15) is 65.7 Å². The van der Waals surface area contributed by atoms with Crippen molar-refractivity contribution < 1.29 is 0 Å². The van der Waals surface area contributed by atoms with E-state index in [9.17, 15) is 0 Å². The van der Waals surface area contributed by atoms with E-state index in [4.69, 9.17) is 0 Å². The molecule has 1 N–H and O–H groups in total. The van der Waals surface area contributed by atoms with E-state index in [-0.39, 0.29) is 0 Å². The van der Waals surface area contributed by atoms with Crippen LogP contribution in [0.25, 0.3) is 0 Å². The lowest BCUT2D eigenvalue weighted by molar-refractivity contribution is 0.101. The fourth-order valence-corrected chi connectivity index (χ4v) is 3.99. The zero-order chi connectivity index (χ0) is 13.0. The maximum atomic E-state index is 3.72. The number of hydrogen-bond acceptors (Lipinski definition) is 2. The molecule has 106 valence electrons. The Hall–Kier alpha value is -0.0800. The molecule has 1 heterocycles. The summed E-state index contributed by atoms with van der Waals surface area (Å²) in [5.74, 6) is 0.955. The highest BCUT2D eigenvalue weighted by Gasteiger charge is 2.33. The summed E-state index contributed by atoms with van der Waals surface area (Å²) in [5.41, 5.74) is 0. The van der Waals surface area contributed by atoms with Gasteiger partial charge in [-0.25, -0.2) is 0 Å². The molecule has 3 unspecified atom stereocenters. The summed E-state index contributed by atoms with van der Waals surface area (Å²) in [7, 11) is 0. The minimum absolute atomic E-state index is 0.700. The van der Waals surface area contributed by atoms with Gasteiger partial charge in [0.05, 0.1) is 0 Å². The van der Waals surface area contributed by atoms with Crippen LogP contribution in [0.2, 0.25) is 0 Å². The second kappa shape index (κ2) is 6.91. The van der Waals surface area contributed by atoms with E-state index in [0.29, 0.717) is 6.04 Å². The lowest BCUT2D eigenvalue weighted by Crippen LogP contribution is -2.50. The van der Waals surface area contributed by atoms with Gasteiger partial charge in [0, 0.05) is 24.7 Å². The van der Waals surface area contributed by atoms with Crippen LogP contribution in [0, 0.1) is 5.92 Å². The van der Waals surface area contributed by atoms with E-state index >= 15 is 0 Å². The molecular weight excluding hydrogens is 220 g/mol. The molecule has 0 spiro atoms. The highest BCUT2D eigenvalue weighted by Crippen LogP contribution is 2.33. The van der Waals surface area contributed by atoms with Gasteiger partial charge in [0.2, 0.25) is 0 Å². The normalized spacial score (nSPS) is 33.5. The maximum absolute atomic E-state index is 3.72. The number of rotatable bonds is 5. The molecule has 0 amide bonds. The summed E-state index contributed by atoms with van der Waals surface area (Å²) < 4.78 is 0. The third kappa shape index (κ3) is 3.48. The van der Waals surface area contributed by atoms with E-state index in [1.54, 1.807) is 0 Å². The molecule has 0 aromatic heterocycles. The van der Waals surface area contributed by atoms with E-state index in [2.05, 4.69) is 31.0 Å². The average Bonchev–Trinajstić information content (AvgIpc) is 2.84. The second-order valence-electron chi connectivity index (χ2n) is 6.60. The van der Waals surface area contributed by atoms with Crippen molar-refractivity contribution in [3.8, 4) is 0 Å². The molecule has 3 atom stereocenters. The Balaban J connectivity index is 1.94. The van der Waals surface area contributed by atoms with Crippen LogP contribution >= 0.6 is 0 Å². The Kier molecular flexibility index (Phi) is 5.50. The Morgan fingerprint density at radius 2 is 1.94 bits per heavy atom. The van der Waals surface area contributed by atoms with Crippen LogP contribution in [0.4, 0.5) is 0 Å². The van der Waals surface area contributed by atoms with Crippen LogP contribution in [0.3, 0.4) is 0 Å². The fourth-order valence-electron chi connectivity index (χ4n) is 3.99. The standard InChI is InChI=1S/C16H32N2/c1-4-14-8-7-10-16(14)18(13(2)3)12-15-9-5-6-11-17-15/h13-17H,4-12H2,1-3H3. The predicted molar refractivity (Wildman–Crippen MR) is 78.9 cm³/mol. The third-order valence-corrected chi connectivity index (χ3v) is 5.08. The predicted octanol–water partition coefficient (Wildman–Crippen LogP) is 3.42. The minimum Gasteiger partial charge on any atom is -0.313 e. The quantitative estimate of drug-likeness (QED) is 0.806. The first-order valence-electron chi connectivity index (χ1n) is 8.21. The Morgan fingerprint density at radius 3 is 2.56 bits per heavy atom. The molecule has 0 radical (unpaired) electrons. The summed E-state index contributed by atoms with van der Waals surface area (Å²) in [6.07, 6.45) is 9.89. The van der Waals surface area contributed by atoms with Crippen LogP contribution in [0.15, 0.2) is 0 Å². The molecule has 1 saturated carbocycles. The molecule has 0 bridgehead atoms. The summed E-state index contributed by atoms with van der Waals surface area (Å²) >= 11 is 0. The Morgan fingerprint density at radius 1 is 1.11 bits per heavy atom. The van der Waals surface area contributed by atoms with Gasteiger partial charge in [-0.3, -0.25) is 4.90 Å². The highest BCUT2D eigenvalue weighted by molar-refractivity contribution is 4.89. The minimum atomic E-state index is 0.700. The maximum Gasteiger partial charge on any atom is 0.0195 e. The zero-order valence-corrected chi connectivity index (χ0v) is 12.6. The molecule has 2 heteroatoms. The first-order valence-corrected chi connectivity index (χ1v) is 8.21. The molecule has 2 nitrogen and oxygen atoms in total. The van der Waals surface area contributed by atoms with Crippen LogP contribution in [0.5, 0.6) is 0 Å². The third-order valence-electron chi connectivity index (χ3n) is 5.08. The summed E-state index contributed by atoms with van der Waals surface area (Å²) in [6.45, 7) is 9.65. The van der Waals surface area contributed by atoms with Crippen molar-refractivity contribution >= 4 is 0 Å². The van der Waals surface area contributed by atoms with Gasteiger partial charge in [0.1, 0.15) is 0 Å². The van der Waals surface area contributed by atoms with E-state index in [1.165, 1.54) is 58.0 Å². The van der Waals surface area contributed by atoms with Gasteiger partial charge in [-0.2, -0.15) is 0 Å². The van der Waals surface area contributed by atoms with Crippen molar-refractivity contribution in [1.82, 2.24) is 10.2 Å². The highest BCUT2D eigenvalue weighted by atomic mass is 15.2. The molecule has 2 fully saturated rings. The van der Waals surface area contributed by atoms with Gasteiger partial charge in [0.15, 0.2) is 0 Å². The van der Waals surface area contributed by atoms with Gasteiger partial charge < -0.3 is 5.32 Å². The molecule has 1 aliphatic heterocycles. The van der Waals surface area contributed by atoms with E-state index in [1.807, 2.05) is 0 Å². The summed E-state index contributed by atoms with van der Waals surface area (Å²) in [6, 6.07) is 2.31. The van der Waals surface area contributed by atoms with Crippen molar-refractivity contribution in [3.05, 3.63) is 0 Å². The number of piperidine rings is 1. The van der Waals surface area contributed by atoms with Gasteiger partial charge in [-0.1, -0.05) is 26.2 Å². The monoisotopic (exact) mass is 252 g/mol. The smallest absolute Gasteiger partial charge is 0.0195 e. The molecular formula is C16H32N2. The van der Waals surface area contributed by atoms with Gasteiger partial charge in [-0.15, -0.1) is 0 Å². The molecule has 2 rings (SSSR count). The Bertz CT molecular complexity index is 233. The summed E-state index contributed by atoms with van der Waals surface area (Å²) in [4.78, 5) is 2.81. The van der Waals surface area contributed by atoms with Crippen LogP contribution < -0.4 is 5.32 Å². The fraction of sp³-hybridized carbons (Fsp3) is 1.00. The van der Waals surface area contributed by atoms with Crippen LogP contribution in [-0.2, 0) is 0 Å². The first-order chi connectivity index (χ1) is 8.72. The molecule has 1 aliphatic carbocycles. The Labute approximate surface area is 114 Å². The van der Waals surface area contributed by atoms with Crippen molar-refractivity contribution in [2.75, 3.05) is 13.1 Å². The summed E-state index contributed by atoms with van der Waals surface area (Å²) in [5, 5.41) is 3.72. The number of hydrogen-bond donors (Lipinski definition) is 1. The van der Waals surface area contributed by atoms with Crippen molar-refractivity contribution in [2.24, 2.45) is 5.92 Å². The number of nitrogens with zero attached hydrogens (tertiary/aromatic N) is 1. The van der Waals surface area contributed by atoms with Crippen LogP contribution in [-0.4, -0.2) is 36.1 Å². The zero-order valence-electron chi connectivity index (χ0n) is 12.6. The first kappa shape index (κ1) is 14.3. The van der Waals surface area contributed by atoms with Gasteiger partial charge >= 0.3 is 0 Å². The average molecular weight is 252 g/mol. The molecule has 18 heavy (non-hydrogen) atoms. The molecule has 0 aromatic carbocycles. The largest absolute Gasteiger partial charge is 0.313 e. The SMILES string of the molecule is CCC1CCCC1N(CC1CCCCN1)C(C)C. The molecule has 1 saturated heterocycles. The number of nitrogens with one attached hydrogen (secondary N) is 1. The van der Waals surface area contributed by atoms with Crippen molar-refractivity contribution in [3.63, 3.8) is 0 Å². The van der Waals surface area contributed by atoms with E-state index in [0.717, 1.165) is 18.0 Å². The van der Waals surface area contributed by atoms with Crippen molar-refractivity contribution in [1.29, 1.82) is 0 Å². The molecule has 2 aliphatic rings. The van der Waals surface area contributed by atoms with Gasteiger partial charge in [-0.05, 0) is 52.0 Å². The topological polar surface area (TPSA) is 15.3 Å². The lowest BCUT2D eigenvalue weighted by Gasteiger charge is -2.39. The van der Waals surface area contributed by atoms with E-state index < -0.39 is 0 Å².